The maximum absolute atomic E-state index is 2.54. The number of anilines is 3. The molecular weight excluding hydrogens is 725 g/mol. The van der Waals surface area contributed by atoms with Gasteiger partial charge in [0.05, 0.1) is 11.0 Å². The van der Waals surface area contributed by atoms with E-state index in [1.165, 1.54) is 147 Å². The fourth-order valence-corrected chi connectivity index (χ4v) is 12.6. The van der Waals surface area contributed by atoms with Gasteiger partial charge in [-0.15, -0.1) is 0 Å². The summed E-state index contributed by atoms with van der Waals surface area (Å²) in [6.45, 7) is 4.92. The first-order valence-electron chi connectivity index (χ1n) is 22.9. The third-order valence-corrected chi connectivity index (χ3v) is 15.4. The molecule has 0 spiro atoms. The Morgan fingerprint density at radius 1 is 0.550 bits per heavy atom. The van der Waals surface area contributed by atoms with Crippen LogP contribution in [0.3, 0.4) is 0 Å². The van der Waals surface area contributed by atoms with Gasteiger partial charge < -0.3 is 9.47 Å². The van der Waals surface area contributed by atoms with Crippen LogP contribution in [0.15, 0.2) is 158 Å². The number of fused-ring (bicyclic) bond motifs is 9. The van der Waals surface area contributed by atoms with Gasteiger partial charge in [-0.05, 0) is 155 Å². The number of hydrogen-bond donors (Lipinski definition) is 0. The Labute approximate surface area is 355 Å². The van der Waals surface area contributed by atoms with E-state index in [-0.39, 0.29) is 5.41 Å². The number of rotatable bonds is 7. The molecule has 4 aliphatic rings. The van der Waals surface area contributed by atoms with Gasteiger partial charge in [-0.3, -0.25) is 0 Å². The van der Waals surface area contributed by atoms with Gasteiger partial charge in [-0.2, -0.15) is 0 Å². The summed E-state index contributed by atoms with van der Waals surface area (Å²) in [6.07, 6.45) is 12.4. The van der Waals surface area contributed by atoms with E-state index in [4.69, 9.17) is 0 Å². The molecule has 2 heteroatoms. The molecule has 12 rings (SSSR count). The molecule has 60 heavy (non-hydrogen) atoms. The summed E-state index contributed by atoms with van der Waals surface area (Å²) in [7, 11) is 0. The van der Waals surface area contributed by atoms with Gasteiger partial charge in [0, 0.05) is 38.9 Å². The smallest absolute Gasteiger partial charge is 0.0588 e. The third kappa shape index (κ3) is 5.67. The first-order chi connectivity index (χ1) is 29.5. The second-order valence-corrected chi connectivity index (χ2v) is 19.1. The van der Waals surface area contributed by atoms with E-state index in [0.717, 1.165) is 17.8 Å². The summed E-state index contributed by atoms with van der Waals surface area (Å²) in [5.41, 5.74) is 18.2. The Bertz CT molecular complexity index is 2880. The van der Waals surface area contributed by atoms with Crippen molar-refractivity contribution in [2.24, 2.45) is 11.8 Å². The summed E-state index contributed by atoms with van der Waals surface area (Å²) in [6, 6.07) is 60.3. The molecule has 2 bridgehead atoms. The third-order valence-electron chi connectivity index (χ3n) is 15.4. The standard InChI is InChI=1S/C58H54N2/c1-58(2)53-37-47(59(45-27-23-40(24-28-45)39-13-6-3-7-14-39)46-29-25-42(26-30-46)52-36-38-21-22-43(52)35-38)31-32-49(53)50-33-34-51-55-48(41-15-8-4-9-16-41)19-12-20-54(55)60(57(51)56(50)58)44-17-10-5-11-18-44/h4-5,8-12,15-20,23-34,37-39,43,52H,3,6-7,13-14,21-22,35-36H2,1-2H3. The predicted molar refractivity (Wildman–Crippen MR) is 252 cm³/mol. The van der Waals surface area contributed by atoms with Crippen molar-refractivity contribution in [2.45, 2.75) is 88.9 Å². The van der Waals surface area contributed by atoms with Crippen LogP contribution in [0.2, 0.25) is 0 Å². The van der Waals surface area contributed by atoms with E-state index in [2.05, 4.69) is 181 Å². The highest BCUT2D eigenvalue weighted by Crippen LogP contribution is 2.56. The zero-order chi connectivity index (χ0) is 40.0. The molecule has 1 heterocycles. The fourth-order valence-electron chi connectivity index (χ4n) is 12.6. The summed E-state index contributed by atoms with van der Waals surface area (Å²) in [5.74, 6) is 3.24. The molecular formula is C58H54N2. The minimum absolute atomic E-state index is 0.254. The van der Waals surface area contributed by atoms with E-state index in [0.29, 0.717) is 5.92 Å². The average molecular weight is 779 g/mol. The van der Waals surface area contributed by atoms with Crippen molar-refractivity contribution < 1.29 is 0 Å². The van der Waals surface area contributed by atoms with Gasteiger partial charge in [0.15, 0.2) is 0 Å². The topological polar surface area (TPSA) is 8.17 Å². The molecule has 0 aliphatic heterocycles. The Morgan fingerprint density at radius 3 is 1.93 bits per heavy atom. The maximum Gasteiger partial charge on any atom is 0.0588 e. The van der Waals surface area contributed by atoms with Crippen LogP contribution in [0.5, 0.6) is 0 Å². The van der Waals surface area contributed by atoms with Crippen molar-refractivity contribution in [1.82, 2.24) is 4.57 Å². The molecule has 3 saturated carbocycles. The lowest BCUT2D eigenvalue weighted by molar-refractivity contribution is 0.420. The summed E-state index contributed by atoms with van der Waals surface area (Å²) in [5, 5.41) is 2.62. The molecule has 3 unspecified atom stereocenters. The molecule has 0 amide bonds. The zero-order valence-corrected chi connectivity index (χ0v) is 35.1. The molecule has 2 nitrogen and oxygen atoms in total. The second-order valence-electron chi connectivity index (χ2n) is 19.1. The Kier molecular flexibility index (Phi) is 8.48. The number of para-hydroxylation sites is 1. The molecule has 296 valence electrons. The fraction of sp³-hybridized carbons (Fsp3) is 0.276. The monoisotopic (exact) mass is 778 g/mol. The van der Waals surface area contributed by atoms with Gasteiger partial charge in [0.25, 0.3) is 0 Å². The number of aromatic nitrogens is 1. The summed E-state index contributed by atoms with van der Waals surface area (Å²) < 4.78 is 2.54. The van der Waals surface area contributed by atoms with Crippen molar-refractivity contribution in [2.75, 3.05) is 4.90 Å². The summed E-state index contributed by atoms with van der Waals surface area (Å²) >= 11 is 0. The second kappa shape index (κ2) is 14.1. The SMILES string of the molecule is CC1(C)c2cc(N(c3ccc(C4CCCCC4)cc3)c3ccc(C4CC5CCC4C5)cc3)ccc2-c2ccc3c4c(-c5ccccc5)cccc4n(-c4ccccc4)c3c21. The van der Waals surface area contributed by atoms with Crippen LogP contribution in [0.4, 0.5) is 17.1 Å². The molecule has 0 N–H and O–H groups in total. The first kappa shape index (κ1) is 36.0. The summed E-state index contributed by atoms with van der Waals surface area (Å²) in [4.78, 5) is 2.53. The number of nitrogens with zero attached hydrogens (tertiary/aromatic N) is 2. The van der Waals surface area contributed by atoms with Crippen LogP contribution in [0.1, 0.15) is 106 Å². The largest absolute Gasteiger partial charge is 0.310 e. The van der Waals surface area contributed by atoms with Gasteiger partial charge in [0.1, 0.15) is 0 Å². The van der Waals surface area contributed by atoms with E-state index in [1.54, 1.807) is 0 Å². The van der Waals surface area contributed by atoms with E-state index >= 15 is 0 Å². The van der Waals surface area contributed by atoms with Crippen LogP contribution in [-0.4, -0.2) is 4.57 Å². The molecule has 1 aromatic heterocycles. The normalized spacial score (nSPS) is 20.5. The lowest BCUT2D eigenvalue weighted by Gasteiger charge is -2.30. The highest BCUT2D eigenvalue weighted by molar-refractivity contribution is 6.18. The van der Waals surface area contributed by atoms with Crippen molar-refractivity contribution >= 4 is 38.9 Å². The molecule has 3 fully saturated rings. The lowest BCUT2D eigenvalue weighted by Crippen LogP contribution is -2.18. The van der Waals surface area contributed by atoms with E-state index in [9.17, 15) is 0 Å². The molecule has 4 aliphatic carbocycles. The molecule has 7 aromatic carbocycles. The first-order valence-corrected chi connectivity index (χ1v) is 22.9. The minimum Gasteiger partial charge on any atom is -0.310 e. The highest BCUT2D eigenvalue weighted by Gasteiger charge is 2.41. The molecule has 0 radical (unpaired) electrons. The highest BCUT2D eigenvalue weighted by atomic mass is 15.1. The van der Waals surface area contributed by atoms with Crippen LogP contribution in [0.25, 0.3) is 49.7 Å². The van der Waals surface area contributed by atoms with Crippen molar-refractivity contribution in [3.05, 3.63) is 180 Å². The van der Waals surface area contributed by atoms with Crippen LogP contribution in [-0.2, 0) is 5.41 Å². The number of hydrogen-bond acceptors (Lipinski definition) is 1. The van der Waals surface area contributed by atoms with Gasteiger partial charge in [0.2, 0.25) is 0 Å². The van der Waals surface area contributed by atoms with Gasteiger partial charge >= 0.3 is 0 Å². The van der Waals surface area contributed by atoms with Gasteiger partial charge in [-0.1, -0.05) is 143 Å². The van der Waals surface area contributed by atoms with Crippen molar-refractivity contribution in [3.8, 4) is 27.9 Å². The van der Waals surface area contributed by atoms with Crippen LogP contribution in [0, 0.1) is 11.8 Å². The van der Waals surface area contributed by atoms with Crippen LogP contribution >= 0.6 is 0 Å². The van der Waals surface area contributed by atoms with E-state index < -0.39 is 0 Å². The van der Waals surface area contributed by atoms with Crippen molar-refractivity contribution in [3.63, 3.8) is 0 Å². The van der Waals surface area contributed by atoms with Crippen molar-refractivity contribution in [1.29, 1.82) is 0 Å². The Morgan fingerprint density at radius 2 is 1.23 bits per heavy atom. The zero-order valence-electron chi connectivity index (χ0n) is 35.1. The molecule has 0 saturated heterocycles. The maximum atomic E-state index is 2.54. The Hall–Kier alpha value is -5.86. The molecule has 3 atom stereocenters. The van der Waals surface area contributed by atoms with Gasteiger partial charge in [-0.25, -0.2) is 0 Å². The minimum atomic E-state index is -0.254. The average Bonchev–Trinajstić information content (AvgIpc) is 4.08. The predicted octanol–water partition coefficient (Wildman–Crippen LogP) is 16.2. The number of benzene rings is 7. The quantitative estimate of drug-likeness (QED) is 0.156. The van der Waals surface area contributed by atoms with E-state index in [1.807, 2.05) is 0 Å². The molecule has 8 aromatic rings. The Balaban J connectivity index is 1.01. The lowest BCUT2D eigenvalue weighted by atomic mass is 9.81. The van der Waals surface area contributed by atoms with Crippen LogP contribution < -0.4 is 4.90 Å².